The monoisotopic (exact) mass is 340 g/mol. The number of hydrogen-bond donors (Lipinski definition) is 1. The molecule has 1 aromatic carbocycles. The van der Waals surface area contributed by atoms with Crippen molar-refractivity contribution in [3.8, 4) is 5.69 Å². The van der Waals surface area contributed by atoms with Gasteiger partial charge in [0.1, 0.15) is 0 Å². The van der Waals surface area contributed by atoms with Crippen LogP contribution in [0.1, 0.15) is 18.3 Å². The smallest absolute Gasteiger partial charge is 0.353 e. The third kappa shape index (κ3) is 3.23. The number of amides is 1. The summed E-state index contributed by atoms with van der Waals surface area (Å²) in [5.74, 6) is 0.381. The summed E-state index contributed by atoms with van der Waals surface area (Å²) < 4.78 is 39.3. The summed E-state index contributed by atoms with van der Waals surface area (Å²) >= 11 is 0. The van der Waals surface area contributed by atoms with E-state index in [0.29, 0.717) is 31.1 Å². The van der Waals surface area contributed by atoms with Gasteiger partial charge in [0.2, 0.25) is 5.91 Å². The van der Waals surface area contributed by atoms with Crippen molar-refractivity contribution >= 4 is 5.91 Å². The number of halogens is 3. The summed E-state index contributed by atoms with van der Waals surface area (Å²) in [5.41, 5.74) is -0.306. The fourth-order valence-corrected chi connectivity index (χ4v) is 2.52. The standard InChI is InChI=1S/C14H15F3N6O/c1-9-13(24)18-6-7-22(9)8-12-19-20-21-23(12)11-4-2-10(3-5-11)14(15,16)17/h2-5,9H,6-8H2,1H3,(H,18,24)/t9-/m1/s1. The number of hydrogen-bond acceptors (Lipinski definition) is 5. The topological polar surface area (TPSA) is 75.9 Å². The highest BCUT2D eigenvalue weighted by Crippen LogP contribution is 2.29. The fourth-order valence-electron chi connectivity index (χ4n) is 2.52. The highest BCUT2D eigenvalue weighted by atomic mass is 19.4. The average molecular weight is 340 g/mol. The number of benzene rings is 1. The Bertz CT molecular complexity index is 727. The summed E-state index contributed by atoms with van der Waals surface area (Å²) in [7, 11) is 0. The third-order valence-electron chi connectivity index (χ3n) is 3.94. The molecule has 1 amide bonds. The van der Waals surface area contributed by atoms with E-state index in [1.165, 1.54) is 16.8 Å². The van der Waals surface area contributed by atoms with Crippen LogP contribution in [0, 0.1) is 0 Å². The minimum Gasteiger partial charge on any atom is -0.353 e. The van der Waals surface area contributed by atoms with Crippen LogP contribution < -0.4 is 5.32 Å². The second-order valence-corrected chi connectivity index (χ2v) is 5.49. The maximum Gasteiger partial charge on any atom is 0.416 e. The quantitative estimate of drug-likeness (QED) is 0.902. The predicted molar refractivity (Wildman–Crippen MR) is 77.0 cm³/mol. The second kappa shape index (κ2) is 6.19. The molecule has 1 fully saturated rings. The first-order valence-electron chi connectivity index (χ1n) is 7.33. The molecule has 1 saturated heterocycles. The molecule has 0 bridgehead atoms. The van der Waals surface area contributed by atoms with Crippen molar-refractivity contribution in [3.63, 3.8) is 0 Å². The number of tetrazole rings is 1. The number of piperazine rings is 1. The van der Waals surface area contributed by atoms with Crippen molar-refractivity contribution in [2.24, 2.45) is 0 Å². The van der Waals surface area contributed by atoms with Gasteiger partial charge in [-0.3, -0.25) is 9.69 Å². The van der Waals surface area contributed by atoms with Crippen molar-refractivity contribution in [2.45, 2.75) is 25.7 Å². The van der Waals surface area contributed by atoms with Gasteiger partial charge >= 0.3 is 6.18 Å². The Balaban J connectivity index is 1.81. The van der Waals surface area contributed by atoms with E-state index in [1.54, 1.807) is 6.92 Å². The van der Waals surface area contributed by atoms with Gasteiger partial charge in [-0.25, -0.2) is 0 Å². The number of nitrogens with one attached hydrogen (secondary N) is 1. The van der Waals surface area contributed by atoms with Crippen LogP contribution in [-0.4, -0.2) is 50.1 Å². The summed E-state index contributed by atoms with van der Waals surface area (Å²) in [4.78, 5) is 13.6. The predicted octanol–water partition coefficient (Wildman–Crippen LogP) is 1.00. The van der Waals surface area contributed by atoms with Crippen LogP contribution >= 0.6 is 0 Å². The van der Waals surface area contributed by atoms with E-state index in [4.69, 9.17) is 0 Å². The van der Waals surface area contributed by atoms with Gasteiger partial charge in [0, 0.05) is 13.1 Å². The molecule has 3 rings (SSSR count). The maximum absolute atomic E-state index is 12.6. The molecule has 1 aliphatic rings. The molecule has 2 aromatic rings. The lowest BCUT2D eigenvalue weighted by molar-refractivity contribution is -0.137. The van der Waals surface area contributed by atoms with Crippen LogP contribution in [0.2, 0.25) is 0 Å². The molecule has 0 aliphatic carbocycles. The van der Waals surface area contributed by atoms with Crippen molar-refractivity contribution in [2.75, 3.05) is 13.1 Å². The molecule has 1 aromatic heterocycles. The van der Waals surface area contributed by atoms with Crippen molar-refractivity contribution in [3.05, 3.63) is 35.7 Å². The van der Waals surface area contributed by atoms with Crippen molar-refractivity contribution in [1.82, 2.24) is 30.4 Å². The maximum atomic E-state index is 12.6. The van der Waals surface area contributed by atoms with Gasteiger partial charge in [-0.1, -0.05) is 0 Å². The van der Waals surface area contributed by atoms with Crippen molar-refractivity contribution < 1.29 is 18.0 Å². The highest BCUT2D eigenvalue weighted by molar-refractivity contribution is 5.81. The molecule has 2 heterocycles. The SMILES string of the molecule is C[C@@H]1C(=O)NCCN1Cc1nnnn1-c1ccc(C(F)(F)F)cc1. The molecule has 0 radical (unpaired) electrons. The zero-order valence-corrected chi connectivity index (χ0v) is 12.8. The molecule has 24 heavy (non-hydrogen) atoms. The molecular formula is C14H15F3N6O. The molecule has 0 unspecified atom stereocenters. The number of carbonyl (C=O) groups is 1. The van der Waals surface area contributed by atoms with Crippen LogP contribution in [0.15, 0.2) is 24.3 Å². The minimum atomic E-state index is -4.39. The minimum absolute atomic E-state index is 0.0743. The van der Waals surface area contributed by atoms with E-state index in [2.05, 4.69) is 20.8 Å². The molecule has 7 nitrogen and oxygen atoms in total. The first-order chi connectivity index (χ1) is 11.4. The second-order valence-electron chi connectivity index (χ2n) is 5.49. The lowest BCUT2D eigenvalue weighted by Gasteiger charge is -2.32. The summed E-state index contributed by atoms with van der Waals surface area (Å²) in [6.07, 6.45) is -4.39. The van der Waals surface area contributed by atoms with Gasteiger partial charge in [0.15, 0.2) is 5.82 Å². The number of aromatic nitrogens is 4. The van der Waals surface area contributed by atoms with Gasteiger partial charge in [0.05, 0.1) is 23.8 Å². The Hall–Kier alpha value is -2.49. The van der Waals surface area contributed by atoms with Crippen LogP contribution in [0.5, 0.6) is 0 Å². The van der Waals surface area contributed by atoms with E-state index >= 15 is 0 Å². The molecular weight excluding hydrogens is 325 g/mol. The van der Waals surface area contributed by atoms with E-state index < -0.39 is 11.7 Å². The van der Waals surface area contributed by atoms with Crippen LogP contribution in [0.4, 0.5) is 13.2 Å². The molecule has 10 heteroatoms. The Morgan fingerprint density at radius 2 is 2.00 bits per heavy atom. The number of carbonyl (C=O) groups excluding carboxylic acids is 1. The average Bonchev–Trinajstić information content (AvgIpc) is 2.99. The first kappa shape index (κ1) is 16.4. The van der Waals surface area contributed by atoms with Gasteiger partial charge in [-0.05, 0) is 41.6 Å². The van der Waals surface area contributed by atoms with Crippen LogP contribution in [0.25, 0.3) is 5.69 Å². The zero-order valence-electron chi connectivity index (χ0n) is 12.8. The van der Waals surface area contributed by atoms with E-state index in [9.17, 15) is 18.0 Å². The molecule has 0 spiro atoms. The van der Waals surface area contributed by atoms with Crippen LogP contribution in [0.3, 0.4) is 0 Å². The van der Waals surface area contributed by atoms with Gasteiger partial charge in [-0.15, -0.1) is 5.10 Å². The number of rotatable bonds is 3. The zero-order chi connectivity index (χ0) is 17.3. The lowest BCUT2D eigenvalue weighted by Crippen LogP contribution is -2.53. The van der Waals surface area contributed by atoms with E-state index in [1.807, 2.05) is 4.90 Å². The Morgan fingerprint density at radius 1 is 1.29 bits per heavy atom. The lowest BCUT2D eigenvalue weighted by atomic mass is 10.2. The summed E-state index contributed by atoms with van der Waals surface area (Å²) in [5, 5.41) is 14.1. The highest BCUT2D eigenvalue weighted by Gasteiger charge is 2.30. The normalized spacial score (nSPS) is 19.3. The molecule has 128 valence electrons. The van der Waals surface area contributed by atoms with Crippen molar-refractivity contribution in [1.29, 1.82) is 0 Å². The molecule has 0 saturated carbocycles. The van der Waals surface area contributed by atoms with Gasteiger partial charge in [0.25, 0.3) is 0 Å². The Morgan fingerprint density at radius 3 is 2.67 bits per heavy atom. The largest absolute Gasteiger partial charge is 0.416 e. The van der Waals surface area contributed by atoms with Crippen LogP contribution in [-0.2, 0) is 17.5 Å². The molecule has 1 aliphatic heterocycles. The molecule has 1 atom stereocenters. The summed E-state index contributed by atoms with van der Waals surface area (Å²) in [6, 6.07) is 4.27. The number of nitrogens with zero attached hydrogens (tertiary/aromatic N) is 5. The summed E-state index contributed by atoms with van der Waals surface area (Å²) in [6.45, 7) is 3.28. The third-order valence-corrected chi connectivity index (χ3v) is 3.94. The van der Waals surface area contributed by atoms with Gasteiger partial charge < -0.3 is 5.32 Å². The van der Waals surface area contributed by atoms with Gasteiger partial charge in [-0.2, -0.15) is 17.9 Å². The molecule has 1 N–H and O–H groups in total. The Kier molecular flexibility index (Phi) is 4.22. The number of alkyl halides is 3. The fraction of sp³-hybridized carbons (Fsp3) is 0.429. The first-order valence-corrected chi connectivity index (χ1v) is 7.33. The van der Waals surface area contributed by atoms with E-state index in [0.717, 1.165) is 12.1 Å². The van der Waals surface area contributed by atoms with E-state index in [-0.39, 0.29) is 11.9 Å². The Labute approximate surface area is 135 Å².